The number of nitrogens with zero attached hydrogens (tertiary/aromatic N) is 3. The highest BCUT2D eigenvalue weighted by Gasteiger charge is 2.30. The Balaban J connectivity index is 2.01. The Morgan fingerprint density at radius 2 is 1.81 bits per heavy atom. The molecule has 3 aromatic rings. The first-order valence-corrected chi connectivity index (χ1v) is 8.37. The van der Waals surface area contributed by atoms with Gasteiger partial charge in [0.25, 0.3) is 0 Å². The summed E-state index contributed by atoms with van der Waals surface area (Å²) in [5.41, 5.74) is 0.958. The van der Waals surface area contributed by atoms with Gasteiger partial charge in [0.2, 0.25) is 4.80 Å². The fraction of sp³-hybridized carbons (Fsp3) is 0.111. The third kappa shape index (κ3) is 3.91. The van der Waals surface area contributed by atoms with Crippen LogP contribution in [-0.2, 0) is 6.18 Å². The molecule has 0 amide bonds. The van der Waals surface area contributed by atoms with Crippen molar-refractivity contribution in [2.45, 2.75) is 6.18 Å². The van der Waals surface area contributed by atoms with Crippen molar-refractivity contribution < 1.29 is 17.6 Å². The molecular formula is C18H13F4N3S. The van der Waals surface area contributed by atoms with Crippen LogP contribution in [0.3, 0.4) is 0 Å². The van der Waals surface area contributed by atoms with Crippen LogP contribution in [0.4, 0.5) is 17.6 Å². The minimum Gasteiger partial charge on any atom is -0.261 e. The van der Waals surface area contributed by atoms with Crippen molar-refractivity contribution in [2.24, 2.45) is 10.1 Å². The Kier molecular flexibility index (Phi) is 5.03. The van der Waals surface area contributed by atoms with E-state index in [4.69, 9.17) is 0 Å². The molecule has 0 radical (unpaired) electrons. The second kappa shape index (κ2) is 7.25. The van der Waals surface area contributed by atoms with E-state index in [1.54, 1.807) is 24.6 Å². The molecule has 3 rings (SSSR count). The van der Waals surface area contributed by atoms with Crippen LogP contribution >= 0.6 is 11.3 Å². The van der Waals surface area contributed by atoms with Crippen LogP contribution < -0.4 is 4.80 Å². The smallest absolute Gasteiger partial charge is 0.261 e. The van der Waals surface area contributed by atoms with Gasteiger partial charge in [-0.3, -0.25) is 4.99 Å². The summed E-state index contributed by atoms with van der Waals surface area (Å²) in [6.07, 6.45) is -3.08. The van der Waals surface area contributed by atoms with Crippen molar-refractivity contribution in [1.29, 1.82) is 0 Å². The molecule has 134 valence electrons. The topological polar surface area (TPSA) is 29.6 Å². The summed E-state index contributed by atoms with van der Waals surface area (Å²) >= 11 is 1.33. The van der Waals surface area contributed by atoms with E-state index in [1.165, 1.54) is 46.5 Å². The monoisotopic (exact) mass is 379 g/mol. The average Bonchev–Trinajstić information content (AvgIpc) is 3.03. The standard InChI is InChI=1S/C18H13F4N3S/c1-23-17-25(16(11-26-17)13-5-7-15(19)8-6-13)24-10-12-3-2-4-14(9-12)18(20,21)22/h2-11H,1H3/b23-17?,24-10+. The Morgan fingerprint density at radius 3 is 2.46 bits per heavy atom. The van der Waals surface area contributed by atoms with Crippen molar-refractivity contribution in [1.82, 2.24) is 4.68 Å². The zero-order valence-corrected chi connectivity index (χ0v) is 14.4. The maximum atomic E-state index is 13.1. The van der Waals surface area contributed by atoms with Gasteiger partial charge < -0.3 is 0 Å². The molecule has 0 N–H and O–H groups in total. The number of halogens is 4. The number of aromatic nitrogens is 1. The number of benzene rings is 2. The van der Waals surface area contributed by atoms with E-state index < -0.39 is 11.7 Å². The minimum absolute atomic E-state index is 0.311. The van der Waals surface area contributed by atoms with E-state index in [9.17, 15) is 17.6 Å². The molecule has 0 aliphatic carbocycles. The first-order chi connectivity index (χ1) is 12.4. The predicted octanol–water partition coefficient (Wildman–Crippen LogP) is 4.79. The van der Waals surface area contributed by atoms with Gasteiger partial charge in [0.15, 0.2) is 0 Å². The lowest BCUT2D eigenvalue weighted by Gasteiger charge is -2.07. The Morgan fingerprint density at radius 1 is 1.08 bits per heavy atom. The summed E-state index contributed by atoms with van der Waals surface area (Å²) in [6, 6.07) is 10.8. The number of thiazole rings is 1. The largest absolute Gasteiger partial charge is 0.416 e. The van der Waals surface area contributed by atoms with E-state index >= 15 is 0 Å². The van der Waals surface area contributed by atoms with Crippen LogP contribution in [-0.4, -0.2) is 17.9 Å². The van der Waals surface area contributed by atoms with Crippen molar-refractivity contribution in [2.75, 3.05) is 7.05 Å². The molecule has 1 heterocycles. The maximum Gasteiger partial charge on any atom is 0.416 e. The highest BCUT2D eigenvalue weighted by molar-refractivity contribution is 7.07. The maximum absolute atomic E-state index is 13.1. The number of hydrogen-bond donors (Lipinski definition) is 0. The zero-order valence-electron chi connectivity index (χ0n) is 13.5. The molecule has 2 aromatic carbocycles. The van der Waals surface area contributed by atoms with Crippen LogP contribution in [0, 0.1) is 5.82 Å². The van der Waals surface area contributed by atoms with E-state index in [0.29, 0.717) is 16.1 Å². The first kappa shape index (κ1) is 18.1. The Bertz CT molecular complexity index is 998. The van der Waals surface area contributed by atoms with Crippen LogP contribution in [0.1, 0.15) is 11.1 Å². The highest BCUT2D eigenvalue weighted by Crippen LogP contribution is 2.29. The molecule has 0 bridgehead atoms. The molecule has 1 aromatic heterocycles. The molecular weight excluding hydrogens is 366 g/mol. The molecule has 0 aliphatic heterocycles. The van der Waals surface area contributed by atoms with Crippen molar-refractivity contribution >= 4 is 17.6 Å². The van der Waals surface area contributed by atoms with Gasteiger partial charge in [-0.25, -0.2) is 9.07 Å². The lowest BCUT2D eigenvalue weighted by Crippen LogP contribution is -2.11. The molecule has 26 heavy (non-hydrogen) atoms. The molecule has 8 heteroatoms. The van der Waals surface area contributed by atoms with Crippen LogP contribution in [0.5, 0.6) is 0 Å². The van der Waals surface area contributed by atoms with Crippen molar-refractivity contribution in [3.05, 3.63) is 75.7 Å². The van der Waals surface area contributed by atoms with Gasteiger partial charge in [0.05, 0.1) is 17.5 Å². The molecule has 0 unspecified atom stereocenters. The van der Waals surface area contributed by atoms with E-state index in [-0.39, 0.29) is 5.82 Å². The second-order valence-corrected chi connectivity index (χ2v) is 6.15. The van der Waals surface area contributed by atoms with Gasteiger partial charge in [-0.2, -0.15) is 18.3 Å². The van der Waals surface area contributed by atoms with Crippen molar-refractivity contribution in [3.8, 4) is 11.3 Å². The molecule has 0 saturated carbocycles. The molecule has 0 spiro atoms. The fourth-order valence-electron chi connectivity index (χ4n) is 2.30. The summed E-state index contributed by atoms with van der Waals surface area (Å²) in [5.74, 6) is -0.358. The summed E-state index contributed by atoms with van der Waals surface area (Å²) in [6.45, 7) is 0. The Hall–Kier alpha value is -2.74. The molecule has 0 aliphatic rings. The lowest BCUT2D eigenvalue weighted by atomic mass is 10.1. The average molecular weight is 379 g/mol. The van der Waals surface area contributed by atoms with E-state index in [0.717, 1.165) is 17.7 Å². The van der Waals surface area contributed by atoms with Gasteiger partial charge in [0, 0.05) is 18.0 Å². The number of rotatable bonds is 3. The van der Waals surface area contributed by atoms with Crippen molar-refractivity contribution in [3.63, 3.8) is 0 Å². The molecule has 0 fully saturated rings. The van der Waals surface area contributed by atoms with Crippen LogP contribution in [0.15, 0.2) is 64.0 Å². The summed E-state index contributed by atoms with van der Waals surface area (Å²) < 4.78 is 53.1. The summed E-state index contributed by atoms with van der Waals surface area (Å²) in [7, 11) is 1.59. The quantitative estimate of drug-likeness (QED) is 0.463. The van der Waals surface area contributed by atoms with Crippen LogP contribution in [0.2, 0.25) is 0 Å². The SMILES string of the molecule is CN=c1scc(-c2ccc(F)cc2)n1/N=C/c1cccc(C(F)(F)F)c1. The first-order valence-electron chi connectivity index (χ1n) is 7.49. The predicted molar refractivity (Wildman–Crippen MR) is 93.6 cm³/mol. The fourth-order valence-corrected chi connectivity index (χ4v) is 3.10. The number of hydrogen-bond acceptors (Lipinski definition) is 3. The number of alkyl halides is 3. The van der Waals surface area contributed by atoms with E-state index in [2.05, 4.69) is 10.1 Å². The lowest BCUT2D eigenvalue weighted by molar-refractivity contribution is -0.137. The van der Waals surface area contributed by atoms with Gasteiger partial charge in [-0.1, -0.05) is 12.1 Å². The third-order valence-electron chi connectivity index (χ3n) is 3.55. The van der Waals surface area contributed by atoms with Gasteiger partial charge in [0.1, 0.15) is 5.82 Å². The van der Waals surface area contributed by atoms with E-state index in [1.807, 2.05) is 0 Å². The minimum atomic E-state index is -4.41. The molecule has 0 saturated heterocycles. The zero-order chi connectivity index (χ0) is 18.7. The molecule has 3 nitrogen and oxygen atoms in total. The normalized spacial score (nSPS) is 12.9. The second-order valence-electron chi connectivity index (χ2n) is 5.31. The van der Waals surface area contributed by atoms with Gasteiger partial charge in [-0.05, 0) is 42.0 Å². The van der Waals surface area contributed by atoms with Crippen LogP contribution in [0.25, 0.3) is 11.3 Å². The Labute approximate surface area is 150 Å². The molecule has 0 atom stereocenters. The highest BCUT2D eigenvalue weighted by atomic mass is 32.1. The summed E-state index contributed by atoms with van der Waals surface area (Å²) in [5, 5.41) is 6.08. The van der Waals surface area contributed by atoms with Gasteiger partial charge in [-0.15, -0.1) is 11.3 Å². The third-order valence-corrected chi connectivity index (χ3v) is 4.46. The van der Waals surface area contributed by atoms with Gasteiger partial charge >= 0.3 is 6.18 Å². The summed E-state index contributed by atoms with van der Waals surface area (Å²) in [4.78, 5) is 4.68.